The molecular weight excluding hydrogens is 318 g/mol. The van der Waals surface area contributed by atoms with Crippen molar-refractivity contribution < 1.29 is 4.79 Å². The van der Waals surface area contributed by atoms with Crippen LogP contribution in [0.2, 0.25) is 0 Å². The third kappa shape index (κ3) is 4.43. The van der Waals surface area contributed by atoms with E-state index in [0.29, 0.717) is 29.5 Å². The van der Waals surface area contributed by atoms with Crippen LogP contribution in [0.3, 0.4) is 0 Å². The molecule has 0 radical (unpaired) electrons. The van der Waals surface area contributed by atoms with E-state index in [1.807, 2.05) is 55.5 Å². The SMILES string of the molecule is C=CCNC(=S)Nc1ccccc1C(=O)N(CC)c1ccccc1. The number of amides is 1. The van der Waals surface area contributed by atoms with Crippen LogP contribution in [0.4, 0.5) is 11.4 Å². The first-order valence-electron chi connectivity index (χ1n) is 7.79. The molecule has 0 fully saturated rings. The topological polar surface area (TPSA) is 44.4 Å². The molecule has 0 saturated carbocycles. The lowest BCUT2D eigenvalue weighted by atomic mass is 10.1. The van der Waals surface area contributed by atoms with E-state index in [1.165, 1.54) is 0 Å². The van der Waals surface area contributed by atoms with Crippen molar-refractivity contribution in [1.82, 2.24) is 5.32 Å². The standard InChI is InChI=1S/C19H21N3OS/c1-3-14-20-19(24)21-17-13-9-8-12-16(17)18(23)22(4-2)15-10-6-5-7-11-15/h3,5-13H,1,4,14H2,2H3,(H2,20,21,24). The Bertz CT molecular complexity index is 716. The van der Waals surface area contributed by atoms with Gasteiger partial charge in [-0.1, -0.05) is 36.4 Å². The first-order valence-corrected chi connectivity index (χ1v) is 8.20. The summed E-state index contributed by atoms with van der Waals surface area (Å²) in [5.41, 5.74) is 2.12. The van der Waals surface area contributed by atoms with Crippen molar-refractivity contribution in [3.05, 3.63) is 72.8 Å². The van der Waals surface area contributed by atoms with Crippen molar-refractivity contribution in [2.45, 2.75) is 6.92 Å². The molecule has 0 bridgehead atoms. The summed E-state index contributed by atoms with van der Waals surface area (Å²) < 4.78 is 0. The maximum Gasteiger partial charge on any atom is 0.260 e. The number of hydrogen-bond acceptors (Lipinski definition) is 2. The second-order valence-corrected chi connectivity index (χ2v) is 5.46. The molecule has 0 atom stereocenters. The van der Waals surface area contributed by atoms with E-state index in [-0.39, 0.29) is 5.91 Å². The van der Waals surface area contributed by atoms with E-state index in [4.69, 9.17) is 12.2 Å². The first kappa shape index (κ1) is 17.7. The van der Waals surface area contributed by atoms with Gasteiger partial charge in [0, 0.05) is 18.8 Å². The van der Waals surface area contributed by atoms with Gasteiger partial charge >= 0.3 is 0 Å². The number of benzene rings is 2. The first-order chi connectivity index (χ1) is 11.7. The number of carbonyl (C=O) groups is 1. The normalized spacial score (nSPS) is 9.88. The largest absolute Gasteiger partial charge is 0.359 e. The van der Waals surface area contributed by atoms with Gasteiger partial charge in [0.05, 0.1) is 11.3 Å². The number of anilines is 2. The van der Waals surface area contributed by atoms with Gasteiger partial charge in [0.15, 0.2) is 5.11 Å². The lowest BCUT2D eigenvalue weighted by molar-refractivity contribution is 0.0989. The summed E-state index contributed by atoms with van der Waals surface area (Å²) in [5, 5.41) is 6.54. The maximum absolute atomic E-state index is 13.0. The van der Waals surface area contributed by atoms with Crippen LogP contribution >= 0.6 is 12.2 Å². The third-order valence-electron chi connectivity index (χ3n) is 3.44. The number of nitrogens with one attached hydrogen (secondary N) is 2. The smallest absolute Gasteiger partial charge is 0.260 e. The number of hydrogen-bond donors (Lipinski definition) is 2. The molecule has 0 saturated heterocycles. The summed E-state index contributed by atoms with van der Waals surface area (Å²) in [6.45, 7) is 6.74. The Labute approximate surface area is 148 Å². The zero-order chi connectivity index (χ0) is 17.4. The van der Waals surface area contributed by atoms with Crippen LogP contribution in [0.15, 0.2) is 67.3 Å². The van der Waals surface area contributed by atoms with Gasteiger partial charge < -0.3 is 15.5 Å². The van der Waals surface area contributed by atoms with Gasteiger partial charge in [-0.2, -0.15) is 0 Å². The van der Waals surface area contributed by atoms with Crippen LogP contribution in [-0.2, 0) is 0 Å². The molecule has 4 nitrogen and oxygen atoms in total. The van der Waals surface area contributed by atoms with E-state index in [2.05, 4.69) is 17.2 Å². The van der Waals surface area contributed by atoms with Gasteiger partial charge in [-0.25, -0.2) is 0 Å². The van der Waals surface area contributed by atoms with Crippen molar-refractivity contribution in [2.24, 2.45) is 0 Å². The van der Waals surface area contributed by atoms with Gasteiger partial charge in [-0.15, -0.1) is 6.58 Å². The van der Waals surface area contributed by atoms with E-state index < -0.39 is 0 Å². The van der Waals surface area contributed by atoms with E-state index in [1.54, 1.807) is 17.0 Å². The molecule has 1 amide bonds. The van der Waals surface area contributed by atoms with Crippen molar-refractivity contribution in [2.75, 3.05) is 23.3 Å². The average molecular weight is 339 g/mol. The molecule has 0 unspecified atom stereocenters. The molecule has 5 heteroatoms. The van der Waals surface area contributed by atoms with Crippen LogP contribution in [0.25, 0.3) is 0 Å². The van der Waals surface area contributed by atoms with E-state index in [0.717, 1.165) is 5.69 Å². The van der Waals surface area contributed by atoms with Crippen molar-refractivity contribution in [1.29, 1.82) is 0 Å². The molecular formula is C19H21N3OS. The molecule has 2 rings (SSSR count). The van der Waals surface area contributed by atoms with E-state index >= 15 is 0 Å². The van der Waals surface area contributed by atoms with Crippen molar-refractivity contribution in [3.63, 3.8) is 0 Å². The quantitative estimate of drug-likeness (QED) is 0.620. The Morgan fingerprint density at radius 3 is 2.50 bits per heavy atom. The highest BCUT2D eigenvalue weighted by Gasteiger charge is 2.19. The second-order valence-electron chi connectivity index (χ2n) is 5.05. The molecule has 2 aromatic rings. The van der Waals surface area contributed by atoms with Crippen LogP contribution in [0, 0.1) is 0 Å². The third-order valence-corrected chi connectivity index (χ3v) is 3.69. The number of carbonyl (C=O) groups excluding carboxylic acids is 1. The molecule has 124 valence electrons. The Morgan fingerprint density at radius 1 is 1.17 bits per heavy atom. The second kappa shape index (κ2) is 8.84. The fourth-order valence-electron chi connectivity index (χ4n) is 2.31. The van der Waals surface area contributed by atoms with Crippen LogP contribution in [0.5, 0.6) is 0 Å². The van der Waals surface area contributed by atoms with Gasteiger partial charge in [0.1, 0.15) is 0 Å². The average Bonchev–Trinajstić information content (AvgIpc) is 2.62. The molecule has 24 heavy (non-hydrogen) atoms. The predicted molar refractivity (Wildman–Crippen MR) is 105 cm³/mol. The Balaban J connectivity index is 2.25. The van der Waals surface area contributed by atoms with Crippen LogP contribution in [-0.4, -0.2) is 24.1 Å². The Kier molecular flexibility index (Phi) is 6.51. The molecule has 0 aromatic heterocycles. The van der Waals surface area contributed by atoms with Gasteiger partial charge in [0.25, 0.3) is 5.91 Å². The maximum atomic E-state index is 13.0. The zero-order valence-electron chi connectivity index (χ0n) is 13.7. The number of para-hydroxylation sites is 2. The summed E-state index contributed by atoms with van der Waals surface area (Å²) in [6.07, 6.45) is 1.72. The fraction of sp³-hybridized carbons (Fsp3) is 0.158. The minimum absolute atomic E-state index is 0.0710. The highest BCUT2D eigenvalue weighted by molar-refractivity contribution is 7.80. The van der Waals surface area contributed by atoms with Crippen LogP contribution in [0.1, 0.15) is 17.3 Å². The summed E-state index contributed by atoms with van der Waals surface area (Å²) in [7, 11) is 0. The molecule has 0 aliphatic heterocycles. The van der Waals surface area contributed by atoms with Gasteiger partial charge in [0.2, 0.25) is 0 Å². The molecule has 0 aliphatic rings. The number of rotatable bonds is 6. The molecule has 2 aromatic carbocycles. The Hall–Kier alpha value is -2.66. The summed E-state index contributed by atoms with van der Waals surface area (Å²) in [5.74, 6) is -0.0710. The summed E-state index contributed by atoms with van der Waals surface area (Å²) in [4.78, 5) is 14.7. The summed E-state index contributed by atoms with van der Waals surface area (Å²) >= 11 is 5.24. The number of nitrogens with zero attached hydrogens (tertiary/aromatic N) is 1. The van der Waals surface area contributed by atoms with Gasteiger partial charge in [-0.05, 0) is 43.4 Å². The van der Waals surface area contributed by atoms with E-state index in [9.17, 15) is 4.79 Å². The highest BCUT2D eigenvalue weighted by Crippen LogP contribution is 2.21. The minimum atomic E-state index is -0.0710. The molecule has 2 N–H and O–H groups in total. The zero-order valence-corrected chi connectivity index (χ0v) is 14.5. The highest BCUT2D eigenvalue weighted by atomic mass is 32.1. The fourth-order valence-corrected chi connectivity index (χ4v) is 2.50. The lowest BCUT2D eigenvalue weighted by Gasteiger charge is -2.23. The number of thiocarbonyl (C=S) groups is 1. The van der Waals surface area contributed by atoms with Crippen LogP contribution < -0.4 is 15.5 Å². The molecule has 0 heterocycles. The lowest BCUT2D eigenvalue weighted by Crippen LogP contribution is -2.33. The summed E-state index contributed by atoms with van der Waals surface area (Å²) in [6, 6.07) is 17.0. The monoisotopic (exact) mass is 339 g/mol. The molecule has 0 spiro atoms. The minimum Gasteiger partial charge on any atom is -0.359 e. The van der Waals surface area contributed by atoms with Crippen molar-refractivity contribution >= 4 is 34.6 Å². The predicted octanol–water partition coefficient (Wildman–Crippen LogP) is 3.83. The van der Waals surface area contributed by atoms with Gasteiger partial charge in [-0.3, -0.25) is 4.79 Å². The molecule has 0 aliphatic carbocycles. The Morgan fingerprint density at radius 2 is 1.83 bits per heavy atom. The van der Waals surface area contributed by atoms with Crippen molar-refractivity contribution in [3.8, 4) is 0 Å².